The van der Waals surface area contributed by atoms with Crippen molar-refractivity contribution in [1.82, 2.24) is 0 Å². The second-order valence-corrected chi connectivity index (χ2v) is 7.48. The van der Waals surface area contributed by atoms with Gasteiger partial charge in [0.05, 0.1) is 12.2 Å². The van der Waals surface area contributed by atoms with Crippen LogP contribution in [-0.2, 0) is 14.8 Å². The number of nitrogens with two attached hydrogens (primary N) is 1. The number of sulfonamides is 1. The summed E-state index contributed by atoms with van der Waals surface area (Å²) < 4.78 is 41.9. The first-order valence-corrected chi connectivity index (χ1v) is 8.82. The van der Waals surface area contributed by atoms with E-state index in [2.05, 4.69) is 15.9 Å². The monoisotopic (exact) mass is 379 g/mol. The fraction of sp³-hybridized carbons (Fsp3) is 0.462. The summed E-state index contributed by atoms with van der Waals surface area (Å²) in [6, 6.07) is 2.19. The van der Waals surface area contributed by atoms with Gasteiger partial charge in [-0.15, -0.1) is 0 Å². The highest BCUT2D eigenvalue weighted by Crippen LogP contribution is 2.29. The predicted molar refractivity (Wildman–Crippen MR) is 77.7 cm³/mol. The van der Waals surface area contributed by atoms with E-state index in [-0.39, 0.29) is 11.1 Å². The third kappa shape index (κ3) is 4.02. The van der Waals surface area contributed by atoms with Crippen LogP contribution in [0.5, 0.6) is 0 Å². The fourth-order valence-electron chi connectivity index (χ4n) is 2.10. The fourth-order valence-corrected chi connectivity index (χ4v) is 3.36. The van der Waals surface area contributed by atoms with Crippen LogP contribution in [-0.4, -0.2) is 21.0 Å². The van der Waals surface area contributed by atoms with Gasteiger partial charge in [0.25, 0.3) is 0 Å². The Morgan fingerprint density at radius 2 is 2.10 bits per heavy atom. The molecule has 1 aliphatic rings. The molecule has 1 aromatic rings. The van der Waals surface area contributed by atoms with E-state index in [0.29, 0.717) is 5.92 Å². The molecule has 1 fully saturated rings. The third-order valence-corrected chi connectivity index (χ3v) is 4.88. The minimum Gasteiger partial charge on any atom is -0.462 e. The highest BCUT2D eigenvalue weighted by molar-refractivity contribution is 9.10. The van der Waals surface area contributed by atoms with E-state index in [4.69, 9.17) is 9.88 Å². The Morgan fingerprint density at radius 3 is 2.62 bits per heavy atom. The second-order valence-electron chi connectivity index (χ2n) is 5.03. The summed E-state index contributed by atoms with van der Waals surface area (Å²) >= 11 is 3.03. The standard InChI is InChI=1S/C13H15BrFNO4S/c14-9-6-10(12(15)11(7-9)21(16,18)19)13(17)20-5-4-8-2-1-3-8/h6-8H,1-5H2,(H2,16,18,19). The number of hydrogen-bond donors (Lipinski definition) is 1. The van der Waals surface area contributed by atoms with Crippen LogP contribution in [0, 0.1) is 11.7 Å². The Hall–Kier alpha value is -0.990. The highest BCUT2D eigenvalue weighted by atomic mass is 79.9. The van der Waals surface area contributed by atoms with Crippen molar-refractivity contribution in [2.24, 2.45) is 11.1 Å². The van der Waals surface area contributed by atoms with Crippen molar-refractivity contribution < 1.29 is 22.3 Å². The maximum atomic E-state index is 14.1. The summed E-state index contributed by atoms with van der Waals surface area (Å²) in [5.41, 5.74) is -0.443. The van der Waals surface area contributed by atoms with Crippen LogP contribution in [0.2, 0.25) is 0 Å². The van der Waals surface area contributed by atoms with E-state index in [1.54, 1.807) is 0 Å². The molecule has 0 aromatic heterocycles. The number of hydrogen-bond acceptors (Lipinski definition) is 4. The number of halogens is 2. The third-order valence-electron chi connectivity index (χ3n) is 3.51. The second kappa shape index (κ2) is 6.41. The Morgan fingerprint density at radius 1 is 1.43 bits per heavy atom. The molecule has 0 atom stereocenters. The number of esters is 1. The molecule has 0 bridgehead atoms. The summed E-state index contributed by atoms with van der Waals surface area (Å²) in [6.07, 6.45) is 4.18. The first-order valence-electron chi connectivity index (χ1n) is 6.48. The van der Waals surface area contributed by atoms with E-state index in [9.17, 15) is 17.6 Å². The Kier molecular flexibility index (Phi) is 5.00. The average molecular weight is 380 g/mol. The summed E-state index contributed by atoms with van der Waals surface area (Å²) in [4.78, 5) is 11.1. The molecule has 0 unspecified atom stereocenters. The number of benzene rings is 1. The number of carbonyl (C=O) groups excluding carboxylic acids is 1. The van der Waals surface area contributed by atoms with Crippen molar-refractivity contribution in [2.75, 3.05) is 6.61 Å². The maximum absolute atomic E-state index is 14.1. The molecule has 5 nitrogen and oxygen atoms in total. The molecule has 1 aromatic carbocycles. The topological polar surface area (TPSA) is 86.5 Å². The van der Waals surface area contributed by atoms with Crippen LogP contribution in [0.15, 0.2) is 21.5 Å². The average Bonchev–Trinajstić information content (AvgIpc) is 2.33. The van der Waals surface area contributed by atoms with Gasteiger partial charge in [0, 0.05) is 4.47 Å². The zero-order valence-corrected chi connectivity index (χ0v) is 13.5. The Bertz CT molecular complexity index is 658. The van der Waals surface area contributed by atoms with Crippen molar-refractivity contribution in [3.63, 3.8) is 0 Å². The van der Waals surface area contributed by atoms with Crippen molar-refractivity contribution in [3.8, 4) is 0 Å². The maximum Gasteiger partial charge on any atom is 0.341 e. The number of ether oxygens (including phenoxy) is 1. The Labute approximate surface area is 130 Å². The molecule has 21 heavy (non-hydrogen) atoms. The number of primary sulfonamides is 1. The predicted octanol–water partition coefficient (Wildman–Crippen LogP) is 2.58. The van der Waals surface area contributed by atoms with Gasteiger partial charge in [0.2, 0.25) is 10.0 Å². The van der Waals surface area contributed by atoms with Crippen LogP contribution >= 0.6 is 15.9 Å². The molecule has 0 aliphatic heterocycles. The van der Waals surface area contributed by atoms with Crippen LogP contribution in [0.1, 0.15) is 36.0 Å². The van der Waals surface area contributed by atoms with E-state index in [1.807, 2.05) is 0 Å². The van der Waals surface area contributed by atoms with Crippen molar-refractivity contribution in [2.45, 2.75) is 30.6 Å². The lowest BCUT2D eigenvalue weighted by Gasteiger charge is -2.24. The summed E-state index contributed by atoms with van der Waals surface area (Å²) in [5, 5.41) is 4.92. The van der Waals surface area contributed by atoms with Crippen molar-refractivity contribution >= 4 is 31.9 Å². The molecule has 1 aliphatic carbocycles. The van der Waals surface area contributed by atoms with Crippen molar-refractivity contribution in [1.29, 1.82) is 0 Å². The van der Waals surface area contributed by atoms with Crippen LogP contribution in [0.25, 0.3) is 0 Å². The van der Waals surface area contributed by atoms with E-state index >= 15 is 0 Å². The molecule has 0 amide bonds. The van der Waals surface area contributed by atoms with Gasteiger partial charge in [-0.05, 0) is 24.5 Å². The van der Waals surface area contributed by atoms with Gasteiger partial charge in [0.1, 0.15) is 4.90 Å². The largest absolute Gasteiger partial charge is 0.462 e. The summed E-state index contributed by atoms with van der Waals surface area (Å²) in [5.74, 6) is -1.52. The van der Waals surface area contributed by atoms with Gasteiger partial charge >= 0.3 is 5.97 Å². The van der Waals surface area contributed by atoms with E-state index in [1.165, 1.54) is 12.5 Å². The van der Waals surface area contributed by atoms with E-state index < -0.39 is 32.3 Å². The lowest BCUT2D eigenvalue weighted by Crippen LogP contribution is -2.19. The minimum absolute atomic E-state index is 0.195. The molecule has 2 rings (SSSR count). The molecular weight excluding hydrogens is 365 g/mol. The first-order chi connectivity index (χ1) is 9.79. The quantitative estimate of drug-likeness (QED) is 0.796. The first kappa shape index (κ1) is 16.4. The lowest BCUT2D eigenvalue weighted by atomic mass is 9.83. The molecule has 0 radical (unpaired) electrons. The molecular formula is C13H15BrFNO4S. The van der Waals surface area contributed by atoms with Gasteiger partial charge in [0.15, 0.2) is 5.82 Å². The Balaban J connectivity index is 2.14. The SMILES string of the molecule is NS(=O)(=O)c1cc(Br)cc(C(=O)OCCC2CCC2)c1F. The molecule has 1 saturated carbocycles. The normalized spacial score (nSPS) is 15.6. The summed E-state index contributed by atoms with van der Waals surface area (Å²) in [6.45, 7) is 0.195. The molecule has 116 valence electrons. The van der Waals surface area contributed by atoms with Crippen molar-refractivity contribution in [3.05, 3.63) is 28.0 Å². The van der Waals surface area contributed by atoms with Gasteiger partial charge in [-0.1, -0.05) is 35.2 Å². The summed E-state index contributed by atoms with van der Waals surface area (Å²) in [7, 11) is -4.25. The molecule has 0 saturated heterocycles. The van der Waals surface area contributed by atoms with E-state index in [0.717, 1.165) is 25.3 Å². The zero-order chi connectivity index (χ0) is 15.6. The van der Waals surface area contributed by atoms with Crippen LogP contribution in [0.4, 0.5) is 4.39 Å². The number of carbonyl (C=O) groups is 1. The van der Waals surface area contributed by atoms with Gasteiger partial charge in [-0.25, -0.2) is 22.7 Å². The number of rotatable bonds is 5. The van der Waals surface area contributed by atoms with Gasteiger partial charge in [-0.2, -0.15) is 0 Å². The molecule has 2 N–H and O–H groups in total. The van der Waals surface area contributed by atoms with Gasteiger partial charge in [-0.3, -0.25) is 0 Å². The van der Waals surface area contributed by atoms with Crippen LogP contribution < -0.4 is 5.14 Å². The molecule has 8 heteroatoms. The smallest absolute Gasteiger partial charge is 0.341 e. The zero-order valence-electron chi connectivity index (χ0n) is 11.1. The minimum atomic E-state index is -4.25. The highest BCUT2D eigenvalue weighted by Gasteiger charge is 2.24. The molecule has 0 heterocycles. The van der Waals surface area contributed by atoms with Crippen LogP contribution in [0.3, 0.4) is 0 Å². The lowest BCUT2D eigenvalue weighted by molar-refractivity contribution is 0.0458. The van der Waals surface area contributed by atoms with Gasteiger partial charge < -0.3 is 4.74 Å². The molecule has 0 spiro atoms.